The molecule has 0 amide bonds. The summed E-state index contributed by atoms with van der Waals surface area (Å²) in [4.78, 5) is 0. The largest absolute Gasteiger partial charge is 0.419 e. The third kappa shape index (κ3) is 2.08. The second-order valence-corrected chi connectivity index (χ2v) is 3.27. The summed E-state index contributed by atoms with van der Waals surface area (Å²) in [7, 11) is 0. The van der Waals surface area contributed by atoms with Gasteiger partial charge in [0.05, 0.1) is 0 Å². The zero-order chi connectivity index (χ0) is 12.6. The lowest BCUT2D eigenvalue weighted by Crippen LogP contribution is -2.10. The second kappa shape index (κ2) is 3.76. The third-order valence-corrected chi connectivity index (χ3v) is 2.10. The van der Waals surface area contributed by atoms with E-state index in [1.807, 2.05) is 0 Å². The molecule has 0 radical (unpaired) electrons. The molecule has 0 aliphatic heterocycles. The topological polar surface area (TPSA) is 52.0 Å². The van der Waals surface area contributed by atoms with Crippen LogP contribution in [0.5, 0.6) is 0 Å². The van der Waals surface area contributed by atoms with E-state index in [9.17, 15) is 17.6 Å². The molecule has 0 saturated carbocycles. The van der Waals surface area contributed by atoms with Gasteiger partial charge >= 0.3 is 6.18 Å². The summed E-state index contributed by atoms with van der Waals surface area (Å²) in [5, 5.41) is 3.33. The van der Waals surface area contributed by atoms with Gasteiger partial charge in [-0.05, 0) is 6.07 Å². The fourth-order valence-electron chi connectivity index (χ4n) is 1.44. The van der Waals surface area contributed by atoms with E-state index in [0.29, 0.717) is 0 Å². The maximum atomic E-state index is 13.2. The molecule has 2 N–H and O–H groups in total. The fraction of sp³-hybridized carbons (Fsp3) is 0.100. The van der Waals surface area contributed by atoms with Crippen molar-refractivity contribution >= 4 is 5.88 Å². The van der Waals surface area contributed by atoms with Crippen LogP contribution in [0, 0.1) is 5.82 Å². The van der Waals surface area contributed by atoms with Crippen molar-refractivity contribution in [1.82, 2.24) is 5.16 Å². The molecule has 90 valence electrons. The van der Waals surface area contributed by atoms with Gasteiger partial charge in [0.25, 0.3) is 0 Å². The molecule has 0 spiro atoms. The first-order valence-electron chi connectivity index (χ1n) is 4.48. The second-order valence-electron chi connectivity index (χ2n) is 3.27. The summed E-state index contributed by atoms with van der Waals surface area (Å²) in [5.74, 6) is -1.51. The molecule has 1 heterocycles. The van der Waals surface area contributed by atoms with Gasteiger partial charge in [-0.2, -0.15) is 13.2 Å². The quantitative estimate of drug-likeness (QED) is 0.786. The van der Waals surface area contributed by atoms with Gasteiger partial charge < -0.3 is 10.3 Å². The predicted octanol–water partition coefficient (Wildman–Crippen LogP) is 3.08. The Morgan fingerprint density at radius 3 is 2.47 bits per heavy atom. The van der Waals surface area contributed by atoms with Gasteiger partial charge in [-0.15, -0.1) is 0 Å². The van der Waals surface area contributed by atoms with E-state index < -0.39 is 23.1 Å². The van der Waals surface area contributed by atoms with Crippen LogP contribution in [0.3, 0.4) is 0 Å². The molecule has 7 heteroatoms. The van der Waals surface area contributed by atoms with Crippen molar-refractivity contribution in [1.29, 1.82) is 0 Å². The van der Waals surface area contributed by atoms with Crippen molar-refractivity contribution in [2.24, 2.45) is 0 Å². The molecule has 2 rings (SSSR count). The Morgan fingerprint density at radius 1 is 1.24 bits per heavy atom. The van der Waals surface area contributed by atoms with Crippen molar-refractivity contribution in [2.75, 3.05) is 5.73 Å². The summed E-state index contributed by atoms with van der Waals surface area (Å²) >= 11 is 0. The van der Waals surface area contributed by atoms with E-state index in [-0.39, 0.29) is 11.6 Å². The zero-order valence-corrected chi connectivity index (χ0v) is 8.25. The Labute approximate surface area is 92.8 Å². The Balaban J connectivity index is 2.66. The summed E-state index contributed by atoms with van der Waals surface area (Å²) < 4.78 is 55.7. The molecule has 1 aromatic heterocycles. The third-order valence-electron chi connectivity index (χ3n) is 2.10. The molecule has 0 atom stereocenters. The first-order chi connectivity index (χ1) is 7.89. The average Bonchev–Trinajstić information content (AvgIpc) is 2.62. The van der Waals surface area contributed by atoms with Crippen LogP contribution in [0.15, 0.2) is 28.8 Å². The van der Waals surface area contributed by atoms with Crippen molar-refractivity contribution < 1.29 is 22.1 Å². The van der Waals surface area contributed by atoms with Crippen molar-refractivity contribution in [2.45, 2.75) is 6.18 Å². The lowest BCUT2D eigenvalue weighted by atomic mass is 10.0. The number of nitrogens with zero attached hydrogens (tertiary/aromatic N) is 1. The zero-order valence-electron chi connectivity index (χ0n) is 8.25. The Morgan fingerprint density at radius 2 is 1.94 bits per heavy atom. The van der Waals surface area contributed by atoms with Gasteiger partial charge in [0, 0.05) is 11.6 Å². The normalized spacial score (nSPS) is 11.8. The van der Waals surface area contributed by atoms with Crippen LogP contribution >= 0.6 is 0 Å². The van der Waals surface area contributed by atoms with E-state index in [0.717, 1.165) is 24.3 Å². The van der Waals surface area contributed by atoms with E-state index in [4.69, 9.17) is 5.73 Å². The molecule has 0 bridgehead atoms. The highest BCUT2D eigenvalue weighted by atomic mass is 19.4. The highest BCUT2D eigenvalue weighted by Crippen LogP contribution is 2.38. The van der Waals surface area contributed by atoms with Crippen LogP contribution in [0.4, 0.5) is 23.4 Å². The van der Waals surface area contributed by atoms with Crippen LogP contribution < -0.4 is 5.73 Å². The minimum Gasteiger partial charge on any atom is -0.368 e. The van der Waals surface area contributed by atoms with Gasteiger partial charge in [-0.25, -0.2) is 4.39 Å². The van der Waals surface area contributed by atoms with Gasteiger partial charge in [0.1, 0.15) is 17.1 Å². The van der Waals surface area contributed by atoms with Crippen molar-refractivity contribution in [3.05, 3.63) is 35.6 Å². The Bertz CT molecular complexity index is 547. The van der Waals surface area contributed by atoms with Crippen LogP contribution in [-0.4, -0.2) is 5.16 Å². The molecule has 0 aliphatic rings. The molecular weight excluding hydrogens is 240 g/mol. The minimum atomic E-state index is -4.81. The van der Waals surface area contributed by atoms with Gasteiger partial charge in [-0.3, -0.25) is 0 Å². The number of nitrogens with two attached hydrogens (primary N) is 1. The van der Waals surface area contributed by atoms with Crippen LogP contribution in [0.25, 0.3) is 11.3 Å². The molecule has 1 aromatic carbocycles. The maximum Gasteiger partial charge on any atom is 0.419 e. The summed E-state index contributed by atoms with van der Waals surface area (Å²) in [6.07, 6.45) is -4.81. The highest BCUT2D eigenvalue weighted by molar-refractivity contribution is 5.66. The lowest BCUT2D eigenvalue weighted by Gasteiger charge is -2.11. The number of hydrogen-bond donors (Lipinski definition) is 1. The minimum absolute atomic E-state index is 0.141. The molecule has 17 heavy (non-hydrogen) atoms. The number of halogens is 4. The van der Waals surface area contributed by atoms with E-state index >= 15 is 0 Å². The predicted molar refractivity (Wildman–Crippen MR) is 51.3 cm³/mol. The van der Waals surface area contributed by atoms with Gasteiger partial charge in [-0.1, -0.05) is 17.3 Å². The standard InChI is InChI=1S/C10H6F4N2O/c11-6-3-1-2-5(9(6)10(12,13)14)7-4-8(15)17-16-7/h1-4H,15H2. The van der Waals surface area contributed by atoms with Gasteiger partial charge in [0.15, 0.2) is 0 Å². The number of benzene rings is 1. The smallest absolute Gasteiger partial charge is 0.368 e. The number of anilines is 1. The molecule has 0 saturated heterocycles. The molecule has 3 nitrogen and oxygen atoms in total. The number of aromatic nitrogens is 1. The van der Waals surface area contributed by atoms with E-state index in [1.165, 1.54) is 0 Å². The fourth-order valence-corrected chi connectivity index (χ4v) is 1.44. The number of rotatable bonds is 1. The first-order valence-corrected chi connectivity index (χ1v) is 4.48. The number of nitrogen functional groups attached to an aromatic ring is 1. The van der Waals surface area contributed by atoms with Crippen LogP contribution in [-0.2, 0) is 6.18 Å². The van der Waals surface area contributed by atoms with E-state index in [1.54, 1.807) is 0 Å². The Hall–Kier alpha value is -2.05. The van der Waals surface area contributed by atoms with E-state index in [2.05, 4.69) is 9.68 Å². The highest BCUT2D eigenvalue weighted by Gasteiger charge is 2.37. The molecule has 0 unspecified atom stereocenters. The summed E-state index contributed by atoms with van der Waals surface area (Å²) in [6, 6.07) is 4.09. The molecular formula is C10H6F4N2O. The SMILES string of the molecule is Nc1cc(-c2cccc(F)c2C(F)(F)F)no1. The van der Waals surface area contributed by atoms with Crippen molar-refractivity contribution in [3.63, 3.8) is 0 Å². The monoisotopic (exact) mass is 246 g/mol. The first kappa shape index (κ1) is 11.4. The maximum absolute atomic E-state index is 13.2. The molecule has 0 aliphatic carbocycles. The number of alkyl halides is 3. The summed E-state index contributed by atoms with van der Waals surface area (Å²) in [5.41, 5.74) is 3.27. The molecule has 0 fully saturated rings. The average molecular weight is 246 g/mol. The Kier molecular flexibility index (Phi) is 2.53. The number of hydrogen-bond acceptors (Lipinski definition) is 3. The van der Waals surface area contributed by atoms with Gasteiger partial charge in [0.2, 0.25) is 5.88 Å². The van der Waals surface area contributed by atoms with Crippen LogP contribution in [0.2, 0.25) is 0 Å². The molecule has 2 aromatic rings. The van der Waals surface area contributed by atoms with Crippen LogP contribution in [0.1, 0.15) is 5.56 Å². The lowest BCUT2D eigenvalue weighted by molar-refractivity contribution is -0.139. The van der Waals surface area contributed by atoms with Crippen molar-refractivity contribution in [3.8, 4) is 11.3 Å². The summed E-state index contributed by atoms with van der Waals surface area (Å²) in [6.45, 7) is 0.